The Morgan fingerprint density at radius 1 is 1.21 bits per heavy atom. The van der Waals surface area contributed by atoms with Gasteiger partial charge in [0.05, 0.1) is 6.10 Å². The van der Waals surface area contributed by atoms with Gasteiger partial charge < -0.3 is 5.11 Å². The summed E-state index contributed by atoms with van der Waals surface area (Å²) in [7, 11) is 0. The van der Waals surface area contributed by atoms with E-state index in [0.717, 1.165) is 26.7 Å². The second kappa shape index (κ2) is 5.85. The molecule has 19 heavy (non-hydrogen) atoms. The minimum absolute atomic E-state index is 0.265. The maximum absolute atomic E-state index is 13.3. The Hall–Kier alpha value is -1.19. The molecule has 3 heteroatoms. The van der Waals surface area contributed by atoms with Gasteiger partial charge in [-0.1, -0.05) is 34.1 Å². The zero-order chi connectivity index (χ0) is 14.0. The molecule has 2 aromatic carbocycles. The van der Waals surface area contributed by atoms with Crippen molar-refractivity contribution in [3.8, 4) is 0 Å². The van der Waals surface area contributed by atoms with E-state index in [4.69, 9.17) is 0 Å². The molecule has 0 amide bonds. The van der Waals surface area contributed by atoms with Gasteiger partial charge in [-0.15, -0.1) is 0 Å². The Bertz CT molecular complexity index is 595. The lowest BCUT2D eigenvalue weighted by Gasteiger charge is -2.16. The number of hydrogen-bond donors (Lipinski definition) is 1. The highest BCUT2D eigenvalue weighted by molar-refractivity contribution is 9.10. The number of hydrogen-bond acceptors (Lipinski definition) is 1. The molecule has 2 rings (SSSR count). The number of aliphatic hydroxyl groups excluding tert-OH is 1. The molecule has 0 saturated heterocycles. The zero-order valence-corrected chi connectivity index (χ0v) is 12.5. The molecule has 0 aromatic heterocycles. The number of aliphatic hydroxyl groups is 1. The van der Waals surface area contributed by atoms with Crippen LogP contribution in [0.2, 0.25) is 0 Å². The van der Waals surface area contributed by atoms with Crippen molar-refractivity contribution in [3.05, 3.63) is 68.9 Å². The average molecular weight is 323 g/mol. The van der Waals surface area contributed by atoms with Crippen LogP contribution in [0.1, 0.15) is 28.4 Å². The third-order valence-electron chi connectivity index (χ3n) is 3.39. The van der Waals surface area contributed by atoms with E-state index in [1.54, 1.807) is 6.07 Å². The van der Waals surface area contributed by atoms with Gasteiger partial charge in [-0.25, -0.2) is 4.39 Å². The Morgan fingerprint density at radius 3 is 2.68 bits per heavy atom. The van der Waals surface area contributed by atoms with E-state index in [1.807, 2.05) is 32.0 Å². The molecule has 0 heterocycles. The summed E-state index contributed by atoms with van der Waals surface area (Å²) >= 11 is 3.45. The molecular formula is C16H16BrFO. The summed E-state index contributed by atoms with van der Waals surface area (Å²) in [4.78, 5) is 0. The van der Waals surface area contributed by atoms with Gasteiger partial charge in [-0.2, -0.15) is 0 Å². The van der Waals surface area contributed by atoms with Crippen molar-refractivity contribution in [2.75, 3.05) is 0 Å². The van der Waals surface area contributed by atoms with Crippen molar-refractivity contribution < 1.29 is 9.50 Å². The minimum atomic E-state index is -0.627. The van der Waals surface area contributed by atoms with Crippen molar-refractivity contribution in [1.29, 1.82) is 0 Å². The van der Waals surface area contributed by atoms with E-state index in [-0.39, 0.29) is 5.82 Å². The highest BCUT2D eigenvalue weighted by atomic mass is 79.9. The first-order valence-corrected chi connectivity index (χ1v) is 6.96. The molecule has 100 valence electrons. The van der Waals surface area contributed by atoms with E-state index in [9.17, 15) is 9.50 Å². The summed E-state index contributed by atoms with van der Waals surface area (Å²) in [6, 6.07) is 10.4. The van der Waals surface area contributed by atoms with Gasteiger partial charge in [0, 0.05) is 10.9 Å². The van der Waals surface area contributed by atoms with Crippen molar-refractivity contribution in [2.24, 2.45) is 0 Å². The first-order chi connectivity index (χ1) is 8.99. The van der Waals surface area contributed by atoms with Crippen LogP contribution in [-0.4, -0.2) is 5.11 Å². The van der Waals surface area contributed by atoms with Gasteiger partial charge in [-0.05, 0) is 54.3 Å². The Kier molecular flexibility index (Phi) is 4.38. The van der Waals surface area contributed by atoms with Crippen LogP contribution in [0.3, 0.4) is 0 Å². The lowest BCUT2D eigenvalue weighted by molar-refractivity contribution is 0.177. The fourth-order valence-corrected chi connectivity index (χ4v) is 2.54. The smallest absolute Gasteiger partial charge is 0.123 e. The predicted molar refractivity (Wildman–Crippen MR) is 78.7 cm³/mol. The molecule has 0 fully saturated rings. The number of halogens is 2. The standard InChI is InChI=1S/C16H16BrFO/c1-10-6-7-13(18)8-12(10)9-16(19)14-4-3-5-15(17)11(14)2/h3-8,16,19H,9H2,1-2H3. The summed E-state index contributed by atoms with van der Waals surface area (Å²) in [5.74, 6) is -0.265. The fourth-order valence-electron chi connectivity index (χ4n) is 2.16. The normalized spacial score (nSPS) is 12.5. The highest BCUT2D eigenvalue weighted by Crippen LogP contribution is 2.27. The summed E-state index contributed by atoms with van der Waals surface area (Å²) in [5, 5.41) is 10.4. The van der Waals surface area contributed by atoms with Crippen LogP contribution in [0, 0.1) is 19.7 Å². The van der Waals surface area contributed by atoms with Gasteiger partial charge in [0.2, 0.25) is 0 Å². The van der Waals surface area contributed by atoms with Crippen LogP contribution in [0.15, 0.2) is 40.9 Å². The lowest BCUT2D eigenvalue weighted by Crippen LogP contribution is -2.05. The Balaban J connectivity index is 2.28. The van der Waals surface area contributed by atoms with Gasteiger partial charge in [0.15, 0.2) is 0 Å². The SMILES string of the molecule is Cc1ccc(F)cc1CC(O)c1cccc(Br)c1C. The minimum Gasteiger partial charge on any atom is -0.388 e. The lowest BCUT2D eigenvalue weighted by atomic mass is 9.95. The van der Waals surface area contributed by atoms with Crippen LogP contribution >= 0.6 is 15.9 Å². The number of rotatable bonds is 3. The summed E-state index contributed by atoms with van der Waals surface area (Å²) < 4.78 is 14.2. The Labute approximate surface area is 121 Å². The van der Waals surface area contributed by atoms with Gasteiger partial charge >= 0.3 is 0 Å². The molecular weight excluding hydrogens is 307 g/mol. The monoisotopic (exact) mass is 322 g/mol. The third-order valence-corrected chi connectivity index (χ3v) is 4.25. The summed E-state index contributed by atoms with van der Waals surface area (Å²) in [5.41, 5.74) is 3.72. The van der Waals surface area contributed by atoms with Crippen LogP contribution in [0.25, 0.3) is 0 Å². The summed E-state index contributed by atoms with van der Waals surface area (Å²) in [6.07, 6.45) is -0.209. The first kappa shape index (κ1) is 14.2. The molecule has 0 spiro atoms. The second-order valence-electron chi connectivity index (χ2n) is 4.74. The topological polar surface area (TPSA) is 20.2 Å². The average Bonchev–Trinajstić information content (AvgIpc) is 2.37. The van der Waals surface area contributed by atoms with Crippen LogP contribution in [0.5, 0.6) is 0 Å². The second-order valence-corrected chi connectivity index (χ2v) is 5.60. The molecule has 0 radical (unpaired) electrons. The largest absolute Gasteiger partial charge is 0.388 e. The third kappa shape index (κ3) is 3.23. The number of aryl methyl sites for hydroxylation is 1. The first-order valence-electron chi connectivity index (χ1n) is 6.17. The molecule has 0 bridgehead atoms. The van der Waals surface area contributed by atoms with E-state index in [1.165, 1.54) is 12.1 Å². The van der Waals surface area contributed by atoms with Crippen molar-refractivity contribution >= 4 is 15.9 Å². The molecule has 0 aliphatic carbocycles. The Morgan fingerprint density at radius 2 is 1.95 bits per heavy atom. The molecule has 0 aliphatic heterocycles. The molecule has 1 atom stereocenters. The molecule has 1 N–H and O–H groups in total. The van der Waals surface area contributed by atoms with E-state index >= 15 is 0 Å². The van der Waals surface area contributed by atoms with Crippen molar-refractivity contribution in [1.82, 2.24) is 0 Å². The maximum atomic E-state index is 13.3. The fraction of sp³-hybridized carbons (Fsp3) is 0.250. The highest BCUT2D eigenvalue weighted by Gasteiger charge is 2.14. The molecule has 1 nitrogen and oxygen atoms in total. The predicted octanol–water partition coefficient (Wildman–Crippen LogP) is 4.48. The number of benzene rings is 2. The van der Waals surface area contributed by atoms with Crippen molar-refractivity contribution in [2.45, 2.75) is 26.4 Å². The quantitative estimate of drug-likeness (QED) is 0.883. The molecule has 0 aliphatic rings. The van der Waals surface area contributed by atoms with Crippen LogP contribution in [0.4, 0.5) is 4.39 Å². The summed E-state index contributed by atoms with van der Waals surface area (Å²) in [6.45, 7) is 3.89. The maximum Gasteiger partial charge on any atom is 0.123 e. The van der Waals surface area contributed by atoms with Gasteiger partial charge in [0.1, 0.15) is 5.82 Å². The zero-order valence-electron chi connectivity index (χ0n) is 11.0. The van der Waals surface area contributed by atoms with E-state index in [2.05, 4.69) is 15.9 Å². The van der Waals surface area contributed by atoms with Crippen LogP contribution < -0.4 is 0 Å². The van der Waals surface area contributed by atoms with Gasteiger partial charge in [-0.3, -0.25) is 0 Å². The van der Waals surface area contributed by atoms with Crippen LogP contribution in [-0.2, 0) is 6.42 Å². The molecule has 1 unspecified atom stereocenters. The molecule has 0 saturated carbocycles. The van der Waals surface area contributed by atoms with E-state index < -0.39 is 6.10 Å². The van der Waals surface area contributed by atoms with E-state index in [0.29, 0.717) is 6.42 Å². The molecule has 2 aromatic rings. The van der Waals surface area contributed by atoms with Crippen molar-refractivity contribution in [3.63, 3.8) is 0 Å². The van der Waals surface area contributed by atoms with Gasteiger partial charge in [0.25, 0.3) is 0 Å².